The van der Waals surface area contributed by atoms with Crippen LogP contribution in [-0.4, -0.2) is 35.6 Å². The van der Waals surface area contributed by atoms with Crippen LogP contribution in [0.4, 0.5) is 0 Å². The van der Waals surface area contributed by atoms with E-state index in [4.69, 9.17) is 0 Å². The Kier molecular flexibility index (Phi) is 5.92. The van der Waals surface area contributed by atoms with Crippen LogP contribution < -0.4 is 5.32 Å². The quantitative estimate of drug-likeness (QED) is 0.812. The van der Waals surface area contributed by atoms with Gasteiger partial charge in [-0.2, -0.15) is 0 Å². The summed E-state index contributed by atoms with van der Waals surface area (Å²) in [4.78, 5) is 2.87. The van der Waals surface area contributed by atoms with Gasteiger partial charge in [-0.1, -0.05) is 40.0 Å². The van der Waals surface area contributed by atoms with Crippen molar-refractivity contribution >= 4 is 0 Å². The van der Waals surface area contributed by atoms with Crippen molar-refractivity contribution in [2.75, 3.05) is 13.1 Å². The smallest absolute Gasteiger partial charge is 0.0304 e. The lowest BCUT2D eigenvalue weighted by molar-refractivity contribution is 0.0117. The molecule has 2 unspecified atom stereocenters. The molecule has 118 valence electrons. The summed E-state index contributed by atoms with van der Waals surface area (Å²) in [7, 11) is 0. The fraction of sp³-hybridized carbons (Fsp3) is 1.00. The summed E-state index contributed by atoms with van der Waals surface area (Å²) in [5.41, 5.74) is 0.370. The van der Waals surface area contributed by atoms with Crippen LogP contribution in [0.25, 0.3) is 0 Å². The number of nitrogens with one attached hydrogen (secondary N) is 1. The molecule has 0 aromatic heterocycles. The van der Waals surface area contributed by atoms with E-state index >= 15 is 0 Å². The second-order valence-electron chi connectivity index (χ2n) is 7.26. The van der Waals surface area contributed by atoms with E-state index in [0.29, 0.717) is 11.6 Å². The van der Waals surface area contributed by atoms with Gasteiger partial charge < -0.3 is 5.32 Å². The van der Waals surface area contributed by atoms with Crippen LogP contribution in [0, 0.1) is 5.92 Å². The molecule has 1 aliphatic carbocycles. The average Bonchev–Trinajstić information content (AvgIpc) is 2.51. The Morgan fingerprint density at radius 3 is 2.30 bits per heavy atom. The lowest BCUT2D eigenvalue weighted by Gasteiger charge is -2.51. The molecule has 0 amide bonds. The predicted molar refractivity (Wildman–Crippen MR) is 88.1 cm³/mol. The van der Waals surface area contributed by atoms with E-state index in [0.717, 1.165) is 12.0 Å². The molecule has 2 heteroatoms. The van der Waals surface area contributed by atoms with Crippen molar-refractivity contribution < 1.29 is 0 Å². The van der Waals surface area contributed by atoms with Crippen molar-refractivity contribution in [2.24, 2.45) is 5.92 Å². The van der Waals surface area contributed by atoms with Crippen molar-refractivity contribution in [1.82, 2.24) is 10.2 Å². The third-order valence-corrected chi connectivity index (χ3v) is 6.22. The molecule has 2 aliphatic rings. The van der Waals surface area contributed by atoms with Gasteiger partial charge in [0, 0.05) is 30.7 Å². The van der Waals surface area contributed by atoms with Gasteiger partial charge in [0.25, 0.3) is 0 Å². The summed E-state index contributed by atoms with van der Waals surface area (Å²) >= 11 is 0. The molecule has 1 aliphatic heterocycles. The Morgan fingerprint density at radius 2 is 1.75 bits per heavy atom. The van der Waals surface area contributed by atoms with Crippen molar-refractivity contribution in [3.63, 3.8) is 0 Å². The monoisotopic (exact) mass is 280 g/mol. The van der Waals surface area contributed by atoms with E-state index in [2.05, 4.69) is 37.9 Å². The zero-order chi connectivity index (χ0) is 14.6. The van der Waals surface area contributed by atoms with Crippen LogP contribution in [0.1, 0.15) is 79.1 Å². The predicted octanol–water partition coefficient (Wildman–Crippen LogP) is 4.20. The lowest BCUT2D eigenvalue weighted by Crippen LogP contribution is -2.66. The van der Waals surface area contributed by atoms with Gasteiger partial charge in [0.1, 0.15) is 0 Å². The Balaban J connectivity index is 2.09. The zero-order valence-electron chi connectivity index (χ0n) is 14.3. The second kappa shape index (κ2) is 7.26. The second-order valence-corrected chi connectivity index (χ2v) is 7.26. The molecule has 0 radical (unpaired) electrons. The van der Waals surface area contributed by atoms with E-state index in [-0.39, 0.29) is 0 Å². The number of rotatable bonds is 5. The Bertz CT molecular complexity index is 279. The van der Waals surface area contributed by atoms with E-state index < -0.39 is 0 Å². The Morgan fingerprint density at radius 1 is 1.10 bits per heavy atom. The first-order chi connectivity index (χ1) is 9.65. The number of hydrogen-bond donors (Lipinski definition) is 1. The average molecular weight is 280 g/mol. The molecule has 2 rings (SSSR count). The van der Waals surface area contributed by atoms with E-state index in [9.17, 15) is 0 Å². The summed E-state index contributed by atoms with van der Waals surface area (Å²) < 4.78 is 0. The Hall–Kier alpha value is -0.0800. The summed E-state index contributed by atoms with van der Waals surface area (Å²) in [6.45, 7) is 12.0. The third kappa shape index (κ3) is 3.39. The molecule has 1 saturated carbocycles. The van der Waals surface area contributed by atoms with Crippen LogP contribution in [0.2, 0.25) is 0 Å². The summed E-state index contributed by atoms with van der Waals surface area (Å²) in [6.07, 6.45) is 11.2. The van der Waals surface area contributed by atoms with Crippen molar-refractivity contribution in [2.45, 2.75) is 96.7 Å². The zero-order valence-corrected chi connectivity index (χ0v) is 14.3. The van der Waals surface area contributed by atoms with E-state index in [1.54, 1.807) is 0 Å². The van der Waals surface area contributed by atoms with Crippen LogP contribution in [0.15, 0.2) is 0 Å². The molecule has 2 atom stereocenters. The highest BCUT2D eigenvalue weighted by molar-refractivity contribution is 4.98. The number of nitrogens with zero attached hydrogens (tertiary/aromatic N) is 1. The van der Waals surface area contributed by atoms with Gasteiger partial charge in [0.15, 0.2) is 0 Å². The maximum Gasteiger partial charge on any atom is 0.0304 e. The lowest BCUT2D eigenvalue weighted by atomic mass is 9.79. The first kappa shape index (κ1) is 16.3. The van der Waals surface area contributed by atoms with Gasteiger partial charge in [-0.25, -0.2) is 0 Å². The first-order valence-electron chi connectivity index (χ1n) is 9.16. The summed E-state index contributed by atoms with van der Waals surface area (Å²) in [6, 6.07) is 1.53. The minimum absolute atomic E-state index is 0.370. The molecule has 1 N–H and O–H groups in total. The molecule has 2 fully saturated rings. The van der Waals surface area contributed by atoms with Crippen LogP contribution in [-0.2, 0) is 0 Å². The largest absolute Gasteiger partial charge is 0.308 e. The highest BCUT2D eigenvalue weighted by atomic mass is 15.3. The molecule has 0 spiro atoms. The Labute approximate surface area is 126 Å². The molecule has 0 bridgehead atoms. The fourth-order valence-electron chi connectivity index (χ4n) is 4.57. The third-order valence-electron chi connectivity index (χ3n) is 6.22. The maximum atomic E-state index is 3.85. The van der Waals surface area contributed by atoms with Crippen molar-refractivity contribution in [1.29, 1.82) is 0 Å². The standard InChI is InChI=1S/C18H36N2/c1-5-17(16-11-9-8-10-12-16)20-14-18(6-2,7-3)19-13-15(20)4/h15-17,19H,5-14H2,1-4H3. The molecular weight excluding hydrogens is 244 g/mol. The van der Waals surface area contributed by atoms with Crippen LogP contribution in [0.5, 0.6) is 0 Å². The molecule has 1 saturated heterocycles. The van der Waals surface area contributed by atoms with E-state index in [1.165, 1.54) is 64.5 Å². The minimum Gasteiger partial charge on any atom is -0.308 e. The summed E-state index contributed by atoms with van der Waals surface area (Å²) in [5, 5.41) is 3.85. The minimum atomic E-state index is 0.370. The highest BCUT2D eigenvalue weighted by Gasteiger charge is 2.39. The van der Waals surface area contributed by atoms with Crippen molar-refractivity contribution in [3.8, 4) is 0 Å². The van der Waals surface area contributed by atoms with Gasteiger partial charge in [0.2, 0.25) is 0 Å². The molecule has 2 nitrogen and oxygen atoms in total. The van der Waals surface area contributed by atoms with E-state index in [1.807, 2.05) is 0 Å². The summed E-state index contributed by atoms with van der Waals surface area (Å²) in [5.74, 6) is 0.959. The maximum absolute atomic E-state index is 3.85. The fourth-order valence-corrected chi connectivity index (χ4v) is 4.57. The van der Waals surface area contributed by atoms with Crippen LogP contribution in [0.3, 0.4) is 0 Å². The molecule has 0 aromatic rings. The normalized spacial score (nSPS) is 30.3. The van der Waals surface area contributed by atoms with Gasteiger partial charge in [-0.05, 0) is 44.9 Å². The van der Waals surface area contributed by atoms with Gasteiger partial charge in [0.05, 0.1) is 0 Å². The highest BCUT2D eigenvalue weighted by Crippen LogP contribution is 2.34. The van der Waals surface area contributed by atoms with Gasteiger partial charge >= 0.3 is 0 Å². The van der Waals surface area contributed by atoms with Crippen LogP contribution >= 0.6 is 0 Å². The van der Waals surface area contributed by atoms with Gasteiger partial charge in [-0.3, -0.25) is 4.90 Å². The number of piperazine rings is 1. The molecule has 1 heterocycles. The molecule has 20 heavy (non-hydrogen) atoms. The first-order valence-corrected chi connectivity index (χ1v) is 9.16. The number of hydrogen-bond acceptors (Lipinski definition) is 2. The topological polar surface area (TPSA) is 15.3 Å². The van der Waals surface area contributed by atoms with Gasteiger partial charge in [-0.15, -0.1) is 0 Å². The SMILES string of the molecule is CCC(C1CCCCC1)N1CC(CC)(CC)NCC1C. The molecular formula is C18H36N2. The molecule has 0 aromatic carbocycles. The van der Waals surface area contributed by atoms with Crippen molar-refractivity contribution in [3.05, 3.63) is 0 Å².